The molecule has 0 spiro atoms. The van der Waals surface area contributed by atoms with Crippen LogP contribution in [0.15, 0.2) is 22.7 Å². The average Bonchev–Trinajstić information content (AvgIpc) is 2.85. The van der Waals surface area contributed by atoms with E-state index in [1.54, 1.807) is 26.1 Å². The molecule has 1 aromatic heterocycles. The lowest BCUT2D eigenvalue weighted by atomic mass is 10.1. The van der Waals surface area contributed by atoms with Crippen molar-refractivity contribution in [3.05, 3.63) is 24.1 Å². The molecule has 1 atom stereocenters. The minimum absolute atomic E-state index is 0.164. The lowest BCUT2D eigenvalue weighted by molar-refractivity contribution is -0.119. The number of hydrogen-bond acceptors (Lipinski definition) is 6. The molecule has 0 aliphatic carbocycles. The van der Waals surface area contributed by atoms with Gasteiger partial charge in [-0.05, 0) is 18.2 Å². The number of aryl methyl sites for hydroxylation is 1. The average molecular weight is 274 g/mol. The maximum atomic E-state index is 12.0. The van der Waals surface area contributed by atoms with Gasteiger partial charge in [-0.2, -0.15) is 4.98 Å². The van der Waals surface area contributed by atoms with E-state index >= 15 is 0 Å². The molecule has 0 radical (unpaired) electrons. The number of carbonyl (C=O) groups excluding carboxylic acids is 1. The smallest absolute Gasteiger partial charge is 0.247 e. The first-order valence-electron chi connectivity index (χ1n) is 6.17. The monoisotopic (exact) mass is 274 g/mol. The third-order valence-electron chi connectivity index (χ3n) is 3.17. The van der Waals surface area contributed by atoms with Gasteiger partial charge in [0.05, 0.1) is 5.69 Å². The first-order valence-corrected chi connectivity index (χ1v) is 6.17. The van der Waals surface area contributed by atoms with E-state index in [2.05, 4.69) is 10.1 Å². The number of fused-ring (bicyclic) bond motifs is 1. The number of ether oxygens (including phenoxy) is 1. The second kappa shape index (κ2) is 4.61. The van der Waals surface area contributed by atoms with Crippen molar-refractivity contribution in [2.24, 2.45) is 5.73 Å². The van der Waals surface area contributed by atoms with Gasteiger partial charge >= 0.3 is 0 Å². The van der Waals surface area contributed by atoms with Crippen LogP contribution in [0.3, 0.4) is 0 Å². The Morgan fingerprint density at radius 2 is 2.25 bits per heavy atom. The zero-order chi connectivity index (χ0) is 14.3. The van der Waals surface area contributed by atoms with Crippen LogP contribution in [0.25, 0.3) is 11.4 Å². The number of nitrogens with two attached hydrogens (primary N) is 1. The van der Waals surface area contributed by atoms with Crippen LogP contribution >= 0.6 is 0 Å². The molecule has 0 fully saturated rings. The summed E-state index contributed by atoms with van der Waals surface area (Å²) in [5.41, 5.74) is 7.14. The molecule has 7 heteroatoms. The van der Waals surface area contributed by atoms with Crippen LogP contribution in [0.2, 0.25) is 0 Å². The Kier molecular flexibility index (Phi) is 2.90. The fourth-order valence-electron chi connectivity index (χ4n) is 2.08. The van der Waals surface area contributed by atoms with E-state index in [0.29, 0.717) is 23.2 Å². The van der Waals surface area contributed by atoms with Gasteiger partial charge in [-0.15, -0.1) is 0 Å². The van der Waals surface area contributed by atoms with E-state index in [9.17, 15) is 4.79 Å². The highest BCUT2D eigenvalue weighted by molar-refractivity contribution is 5.99. The molecular weight excluding hydrogens is 260 g/mol. The Hall–Kier alpha value is -2.41. The van der Waals surface area contributed by atoms with Crippen molar-refractivity contribution in [1.82, 2.24) is 10.1 Å². The molecule has 0 saturated heterocycles. The minimum atomic E-state index is -0.664. The third kappa shape index (κ3) is 2.01. The van der Waals surface area contributed by atoms with Crippen molar-refractivity contribution in [2.75, 3.05) is 18.6 Å². The van der Waals surface area contributed by atoms with Gasteiger partial charge in [0.15, 0.2) is 0 Å². The van der Waals surface area contributed by atoms with Gasteiger partial charge in [0.25, 0.3) is 0 Å². The Bertz CT molecular complexity index is 667. The highest BCUT2D eigenvalue weighted by Gasteiger charge is 2.27. The van der Waals surface area contributed by atoms with Crippen LogP contribution in [0, 0.1) is 6.92 Å². The molecule has 0 bridgehead atoms. The summed E-state index contributed by atoms with van der Waals surface area (Å²) in [5, 5.41) is 3.86. The number of carbonyl (C=O) groups is 1. The Morgan fingerprint density at radius 3 is 2.95 bits per heavy atom. The first-order chi connectivity index (χ1) is 9.56. The number of aromatic nitrogens is 2. The molecule has 1 aliphatic rings. The lowest BCUT2D eigenvalue weighted by Crippen LogP contribution is -2.43. The van der Waals surface area contributed by atoms with Crippen molar-refractivity contribution in [3.8, 4) is 17.1 Å². The number of hydrogen-bond donors (Lipinski definition) is 1. The highest BCUT2D eigenvalue weighted by Crippen LogP contribution is 2.33. The lowest BCUT2D eigenvalue weighted by Gasteiger charge is -2.17. The van der Waals surface area contributed by atoms with Crippen molar-refractivity contribution >= 4 is 11.6 Å². The van der Waals surface area contributed by atoms with Crippen LogP contribution in [-0.2, 0) is 4.79 Å². The number of likely N-dealkylation sites (N-methyl/N-ethyl adjacent to an activating group) is 1. The summed E-state index contributed by atoms with van der Waals surface area (Å²) in [6.07, 6.45) is 0. The molecule has 2 heterocycles. The summed E-state index contributed by atoms with van der Waals surface area (Å²) < 4.78 is 10.5. The molecule has 1 amide bonds. The predicted octanol–water partition coefficient (Wildman–Crippen LogP) is 0.728. The van der Waals surface area contributed by atoms with E-state index in [1.165, 1.54) is 4.90 Å². The van der Waals surface area contributed by atoms with Crippen molar-refractivity contribution < 1.29 is 14.1 Å². The maximum Gasteiger partial charge on any atom is 0.247 e. The summed E-state index contributed by atoms with van der Waals surface area (Å²) in [5.74, 6) is 1.38. The fourth-order valence-corrected chi connectivity index (χ4v) is 2.08. The van der Waals surface area contributed by atoms with Gasteiger partial charge < -0.3 is 19.9 Å². The summed E-state index contributed by atoms with van der Waals surface area (Å²) in [6.45, 7) is 1.88. The molecule has 2 N–H and O–H groups in total. The zero-order valence-electron chi connectivity index (χ0n) is 11.2. The summed E-state index contributed by atoms with van der Waals surface area (Å²) in [7, 11) is 1.67. The second-order valence-electron chi connectivity index (χ2n) is 4.63. The molecular formula is C13H14N4O3. The van der Waals surface area contributed by atoms with Crippen LogP contribution in [-0.4, -0.2) is 35.7 Å². The van der Waals surface area contributed by atoms with Crippen LogP contribution < -0.4 is 15.4 Å². The van der Waals surface area contributed by atoms with Crippen LogP contribution in [0.1, 0.15) is 5.89 Å². The number of benzene rings is 1. The number of amides is 1. The molecule has 3 rings (SSSR count). The Balaban J connectivity index is 2.06. The molecule has 7 nitrogen and oxygen atoms in total. The summed E-state index contributed by atoms with van der Waals surface area (Å²) in [4.78, 5) is 17.7. The fraction of sp³-hybridized carbons (Fsp3) is 0.308. The van der Waals surface area contributed by atoms with Crippen LogP contribution in [0.5, 0.6) is 5.75 Å². The van der Waals surface area contributed by atoms with Gasteiger partial charge in [0.2, 0.25) is 17.6 Å². The zero-order valence-corrected chi connectivity index (χ0v) is 11.2. The van der Waals surface area contributed by atoms with Crippen molar-refractivity contribution in [2.45, 2.75) is 13.0 Å². The quantitative estimate of drug-likeness (QED) is 0.823. The SMILES string of the molecule is Cc1nc(-c2ccc3c(c2)N(C)C(=O)[C@@H](N)CO3)no1. The Labute approximate surface area is 115 Å². The van der Waals surface area contributed by atoms with E-state index < -0.39 is 6.04 Å². The van der Waals surface area contributed by atoms with Crippen molar-refractivity contribution in [3.63, 3.8) is 0 Å². The van der Waals surface area contributed by atoms with Crippen molar-refractivity contribution in [1.29, 1.82) is 0 Å². The number of nitrogens with zero attached hydrogens (tertiary/aromatic N) is 3. The van der Waals surface area contributed by atoms with E-state index in [4.69, 9.17) is 15.0 Å². The van der Waals surface area contributed by atoms with Gasteiger partial charge in [0, 0.05) is 19.5 Å². The molecule has 0 saturated carbocycles. The van der Waals surface area contributed by atoms with E-state index in [1.807, 2.05) is 6.07 Å². The molecule has 104 valence electrons. The maximum absolute atomic E-state index is 12.0. The second-order valence-corrected chi connectivity index (χ2v) is 4.63. The van der Waals surface area contributed by atoms with Gasteiger partial charge in [0.1, 0.15) is 18.4 Å². The Morgan fingerprint density at radius 1 is 1.45 bits per heavy atom. The molecule has 2 aromatic rings. The van der Waals surface area contributed by atoms with E-state index in [-0.39, 0.29) is 12.5 Å². The standard InChI is InChI=1S/C13H14N4O3/c1-7-15-12(16-20-7)8-3-4-11-10(5-8)17(2)13(18)9(14)6-19-11/h3-5,9H,6,14H2,1-2H3/t9-/m0/s1. The highest BCUT2D eigenvalue weighted by atomic mass is 16.5. The van der Waals surface area contributed by atoms with Crippen LogP contribution in [0.4, 0.5) is 5.69 Å². The summed E-state index contributed by atoms with van der Waals surface area (Å²) in [6, 6.07) is 4.72. The predicted molar refractivity (Wildman–Crippen MR) is 71.4 cm³/mol. The number of anilines is 1. The van der Waals surface area contributed by atoms with E-state index in [0.717, 1.165) is 5.56 Å². The van der Waals surface area contributed by atoms with Gasteiger partial charge in [-0.1, -0.05) is 5.16 Å². The third-order valence-corrected chi connectivity index (χ3v) is 3.17. The largest absolute Gasteiger partial charge is 0.489 e. The summed E-state index contributed by atoms with van der Waals surface area (Å²) >= 11 is 0. The molecule has 20 heavy (non-hydrogen) atoms. The molecule has 1 aromatic carbocycles. The van der Waals surface area contributed by atoms with Gasteiger partial charge in [-0.3, -0.25) is 4.79 Å². The minimum Gasteiger partial charge on any atom is -0.489 e. The van der Waals surface area contributed by atoms with Gasteiger partial charge in [-0.25, -0.2) is 0 Å². The molecule has 1 aliphatic heterocycles. The molecule has 0 unspecified atom stereocenters. The first kappa shape index (κ1) is 12.6. The normalized spacial score (nSPS) is 18.4. The number of rotatable bonds is 1. The topological polar surface area (TPSA) is 94.5 Å².